The molecule has 0 radical (unpaired) electrons. The van der Waals surface area contributed by atoms with Crippen LogP contribution in [0.1, 0.15) is 19.1 Å². The van der Waals surface area contributed by atoms with E-state index in [1.165, 1.54) is 12.1 Å². The Hall–Kier alpha value is -1.06. The first-order valence-electron chi connectivity index (χ1n) is 5.99. The fourth-order valence-corrected chi connectivity index (χ4v) is 2.49. The molecule has 0 aliphatic heterocycles. The molecule has 1 heterocycles. The lowest BCUT2D eigenvalue weighted by Crippen LogP contribution is -2.30. The van der Waals surface area contributed by atoms with E-state index in [-0.39, 0.29) is 5.09 Å². The number of nitrogens with one attached hydrogen (secondary N) is 1. The van der Waals surface area contributed by atoms with Gasteiger partial charge in [0.05, 0.1) is 13.0 Å². The summed E-state index contributed by atoms with van der Waals surface area (Å²) >= 11 is 0. The molecule has 1 N–H and O–H groups in total. The molecule has 1 aromatic heterocycles. The van der Waals surface area contributed by atoms with Crippen LogP contribution in [0.2, 0.25) is 0 Å². The van der Waals surface area contributed by atoms with Gasteiger partial charge in [-0.1, -0.05) is 6.92 Å². The zero-order valence-electron chi connectivity index (χ0n) is 11.2. The third-order valence-corrected chi connectivity index (χ3v) is 4.29. The molecule has 5 nitrogen and oxygen atoms in total. The summed E-state index contributed by atoms with van der Waals surface area (Å²) in [6.45, 7) is 2.28. The Morgan fingerprint density at radius 2 is 2.00 bits per heavy atom. The predicted molar refractivity (Wildman–Crippen MR) is 66.6 cm³/mol. The molecule has 116 valence electrons. The normalized spacial score (nSPS) is 13.1. The smallest absolute Gasteiger partial charge is 0.390 e. The number of sulfonamides is 1. The van der Waals surface area contributed by atoms with Crippen molar-refractivity contribution in [1.82, 2.24) is 9.62 Å². The third-order valence-electron chi connectivity index (χ3n) is 2.56. The molecule has 9 heteroatoms. The van der Waals surface area contributed by atoms with Crippen LogP contribution in [0.25, 0.3) is 0 Å². The predicted octanol–water partition coefficient (Wildman–Crippen LogP) is 1.96. The van der Waals surface area contributed by atoms with Gasteiger partial charge in [-0.25, -0.2) is 8.42 Å². The Kier molecular flexibility index (Phi) is 5.60. The second-order valence-corrected chi connectivity index (χ2v) is 6.17. The molecule has 0 saturated carbocycles. The first-order valence-corrected chi connectivity index (χ1v) is 7.43. The maximum absolute atomic E-state index is 12.1. The van der Waals surface area contributed by atoms with Gasteiger partial charge in [-0.15, -0.1) is 0 Å². The molecule has 0 aliphatic rings. The first kappa shape index (κ1) is 17.0. The van der Waals surface area contributed by atoms with E-state index >= 15 is 0 Å². The van der Waals surface area contributed by atoms with Crippen LogP contribution in [0.3, 0.4) is 0 Å². The summed E-state index contributed by atoms with van der Waals surface area (Å²) in [6, 6.07) is 2.72. The van der Waals surface area contributed by atoms with Crippen molar-refractivity contribution in [2.45, 2.75) is 31.2 Å². The SMILES string of the molecule is CCNCc1ccc(S(=O)(=O)N(C)CCC(F)(F)F)o1. The number of hydrogen-bond acceptors (Lipinski definition) is 4. The van der Waals surface area contributed by atoms with Gasteiger partial charge >= 0.3 is 6.18 Å². The largest absolute Gasteiger partial charge is 0.447 e. The van der Waals surface area contributed by atoms with Crippen molar-refractivity contribution in [3.05, 3.63) is 17.9 Å². The number of nitrogens with zero attached hydrogens (tertiary/aromatic N) is 1. The number of rotatable bonds is 7. The fraction of sp³-hybridized carbons (Fsp3) is 0.636. The van der Waals surface area contributed by atoms with Crippen molar-refractivity contribution in [3.8, 4) is 0 Å². The Bertz CT molecular complexity index is 525. The summed E-state index contributed by atoms with van der Waals surface area (Å²) < 4.78 is 66.0. The molecular formula is C11H17F3N2O3S. The van der Waals surface area contributed by atoms with Gasteiger partial charge in [-0.3, -0.25) is 0 Å². The van der Waals surface area contributed by atoms with E-state index in [0.717, 1.165) is 7.05 Å². The summed E-state index contributed by atoms with van der Waals surface area (Å²) in [6.07, 6.45) is -5.60. The van der Waals surface area contributed by atoms with E-state index in [0.29, 0.717) is 23.2 Å². The average Bonchev–Trinajstić information content (AvgIpc) is 2.81. The molecular weight excluding hydrogens is 297 g/mol. The Morgan fingerprint density at radius 1 is 1.35 bits per heavy atom. The quantitative estimate of drug-likeness (QED) is 0.836. The van der Waals surface area contributed by atoms with Crippen LogP contribution in [0, 0.1) is 0 Å². The first-order chi connectivity index (χ1) is 9.16. The van der Waals surface area contributed by atoms with Gasteiger partial charge in [0.1, 0.15) is 5.76 Å². The van der Waals surface area contributed by atoms with Crippen LogP contribution in [0.15, 0.2) is 21.6 Å². The molecule has 0 aromatic carbocycles. The van der Waals surface area contributed by atoms with Crippen molar-refractivity contribution >= 4 is 10.0 Å². The topological polar surface area (TPSA) is 62.6 Å². The molecule has 0 amide bonds. The minimum atomic E-state index is -4.40. The van der Waals surface area contributed by atoms with Gasteiger partial charge in [-0.2, -0.15) is 17.5 Å². The van der Waals surface area contributed by atoms with Gasteiger partial charge in [0.25, 0.3) is 10.0 Å². The lowest BCUT2D eigenvalue weighted by atomic mass is 10.4. The molecule has 0 saturated heterocycles. The molecule has 0 aliphatic carbocycles. The minimum Gasteiger partial charge on any atom is -0.447 e. The van der Waals surface area contributed by atoms with Crippen molar-refractivity contribution in [2.24, 2.45) is 0 Å². The van der Waals surface area contributed by atoms with Crippen molar-refractivity contribution in [2.75, 3.05) is 20.1 Å². The van der Waals surface area contributed by atoms with Crippen LogP contribution in [0.4, 0.5) is 13.2 Å². The van der Waals surface area contributed by atoms with Crippen molar-refractivity contribution in [1.29, 1.82) is 0 Å². The van der Waals surface area contributed by atoms with Gasteiger partial charge in [0, 0.05) is 13.6 Å². The maximum Gasteiger partial charge on any atom is 0.390 e. The highest BCUT2D eigenvalue weighted by atomic mass is 32.2. The lowest BCUT2D eigenvalue weighted by Gasteiger charge is -2.16. The Morgan fingerprint density at radius 3 is 2.55 bits per heavy atom. The van der Waals surface area contributed by atoms with E-state index in [1.807, 2.05) is 6.92 Å². The van der Waals surface area contributed by atoms with Crippen LogP contribution >= 0.6 is 0 Å². The second kappa shape index (κ2) is 6.59. The molecule has 0 bridgehead atoms. The highest BCUT2D eigenvalue weighted by Crippen LogP contribution is 2.22. The number of alkyl halides is 3. The van der Waals surface area contributed by atoms with Gasteiger partial charge in [0.2, 0.25) is 5.09 Å². The minimum absolute atomic E-state index is 0.352. The summed E-state index contributed by atoms with van der Waals surface area (Å²) in [5.74, 6) is 0.412. The van der Waals surface area contributed by atoms with Crippen molar-refractivity contribution in [3.63, 3.8) is 0 Å². The summed E-state index contributed by atoms with van der Waals surface area (Å²) in [4.78, 5) is 0. The standard InChI is InChI=1S/C11H17F3N2O3S/c1-3-15-8-9-4-5-10(19-9)20(17,18)16(2)7-6-11(12,13)14/h4-5,15H,3,6-8H2,1-2H3. The highest BCUT2D eigenvalue weighted by molar-refractivity contribution is 7.89. The van der Waals surface area contributed by atoms with E-state index in [2.05, 4.69) is 5.32 Å². The summed E-state index contributed by atoms with van der Waals surface area (Å²) in [5, 5.41) is 2.60. The monoisotopic (exact) mass is 314 g/mol. The van der Waals surface area contributed by atoms with Gasteiger partial charge in [0.15, 0.2) is 0 Å². The van der Waals surface area contributed by atoms with Crippen LogP contribution in [-0.4, -0.2) is 39.0 Å². The Balaban J connectivity index is 2.74. The molecule has 0 atom stereocenters. The second-order valence-electron chi connectivity index (χ2n) is 4.19. The fourth-order valence-electron chi connectivity index (χ4n) is 1.40. The lowest BCUT2D eigenvalue weighted by molar-refractivity contribution is -0.135. The Labute approximate surface area is 115 Å². The number of furan rings is 1. The summed E-state index contributed by atoms with van der Waals surface area (Å²) in [7, 11) is -2.94. The number of halogens is 3. The molecule has 0 spiro atoms. The van der Waals surface area contributed by atoms with Crippen LogP contribution in [0.5, 0.6) is 0 Å². The molecule has 20 heavy (non-hydrogen) atoms. The van der Waals surface area contributed by atoms with E-state index in [4.69, 9.17) is 4.42 Å². The number of hydrogen-bond donors (Lipinski definition) is 1. The third kappa shape index (κ3) is 4.80. The molecule has 0 unspecified atom stereocenters. The average molecular weight is 314 g/mol. The molecule has 1 rings (SSSR count). The van der Waals surface area contributed by atoms with Crippen molar-refractivity contribution < 1.29 is 26.0 Å². The maximum atomic E-state index is 12.1. The highest BCUT2D eigenvalue weighted by Gasteiger charge is 2.31. The van der Waals surface area contributed by atoms with Gasteiger partial charge < -0.3 is 9.73 Å². The van der Waals surface area contributed by atoms with E-state index in [9.17, 15) is 21.6 Å². The zero-order chi connectivity index (χ0) is 15.4. The van der Waals surface area contributed by atoms with Crippen LogP contribution < -0.4 is 5.32 Å². The van der Waals surface area contributed by atoms with E-state index < -0.39 is 29.2 Å². The van der Waals surface area contributed by atoms with Crippen LogP contribution in [-0.2, 0) is 16.6 Å². The van der Waals surface area contributed by atoms with E-state index in [1.54, 1.807) is 0 Å². The zero-order valence-corrected chi connectivity index (χ0v) is 12.0. The molecule has 0 fully saturated rings. The molecule has 1 aromatic rings. The summed E-state index contributed by atoms with van der Waals surface area (Å²) in [5.41, 5.74) is 0. The van der Waals surface area contributed by atoms with Gasteiger partial charge in [-0.05, 0) is 18.7 Å².